The van der Waals surface area contributed by atoms with Gasteiger partial charge in [-0.25, -0.2) is 0 Å². The lowest BCUT2D eigenvalue weighted by Crippen LogP contribution is -2.15. The summed E-state index contributed by atoms with van der Waals surface area (Å²) < 4.78 is 1.95. The topological polar surface area (TPSA) is 30.7 Å². The predicted molar refractivity (Wildman–Crippen MR) is 62.6 cm³/mol. The maximum Gasteiger partial charge on any atom is 0.0832 e. The first-order valence-electron chi connectivity index (χ1n) is 5.55. The van der Waals surface area contributed by atoms with Crippen LogP contribution >= 0.6 is 0 Å². The maximum absolute atomic E-state index is 4.20. The second-order valence-electron chi connectivity index (χ2n) is 6.71. The lowest BCUT2D eigenvalue weighted by Gasteiger charge is -2.17. The molecule has 0 aromatic carbocycles. The third-order valence-corrected chi connectivity index (χ3v) is 1.93. The van der Waals surface area contributed by atoms with E-state index in [0.717, 1.165) is 18.7 Å². The number of rotatable bonds is 2. The molecule has 0 radical (unpaired) electrons. The molecule has 0 bridgehead atoms. The van der Waals surface area contributed by atoms with Gasteiger partial charge < -0.3 is 0 Å². The van der Waals surface area contributed by atoms with Crippen LogP contribution in [0, 0.1) is 10.8 Å². The summed E-state index contributed by atoms with van der Waals surface area (Å²) in [5.74, 6) is 0. The molecular formula is C12H23N3. The van der Waals surface area contributed by atoms with Crippen molar-refractivity contribution in [3.63, 3.8) is 0 Å². The van der Waals surface area contributed by atoms with Gasteiger partial charge in [-0.1, -0.05) is 46.8 Å². The molecular weight excluding hydrogens is 186 g/mol. The zero-order valence-corrected chi connectivity index (χ0v) is 10.8. The molecule has 0 aliphatic carbocycles. The minimum atomic E-state index is 0.257. The Hall–Kier alpha value is -0.860. The van der Waals surface area contributed by atoms with E-state index in [2.05, 4.69) is 58.1 Å². The number of nitrogens with zero attached hydrogens (tertiary/aromatic N) is 3. The van der Waals surface area contributed by atoms with Crippen LogP contribution in [0.1, 0.15) is 47.2 Å². The third kappa shape index (κ3) is 4.96. The Morgan fingerprint density at radius 1 is 1.07 bits per heavy atom. The van der Waals surface area contributed by atoms with Gasteiger partial charge >= 0.3 is 0 Å². The van der Waals surface area contributed by atoms with Crippen molar-refractivity contribution < 1.29 is 0 Å². The predicted octanol–water partition coefficient (Wildman–Crippen LogP) is 2.91. The van der Waals surface area contributed by atoms with Crippen LogP contribution in [0.15, 0.2) is 6.20 Å². The Labute approximate surface area is 92.9 Å². The van der Waals surface area contributed by atoms with E-state index in [1.165, 1.54) is 0 Å². The van der Waals surface area contributed by atoms with Gasteiger partial charge in [0.15, 0.2) is 0 Å². The van der Waals surface area contributed by atoms with Crippen molar-refractivity contribution >= 4 is 0 Å². The quantitative estimate of drug-likeness (QED) is 0.750. The van der Waals surface area contributed by atoms with Crippen molar-refractivity contribution in [2.75, 3.05) is 0 Å². The molecule has 0 saturated heterocycles. The van der Waals surface area contributed by atoms with E-state index in [1.807, 2.05) is 4.68 Å². The summed E-state index contributed by atoms with van der Waals surface area (Å²) in [6.45, 7) is 14.2. The Morgan fingerprint density at radius 2 is 1.67 bits per heavy atom. The maximum atomic E-state index is 4.20. The average molecular weight is 209 g/mol. The Kier molecular flexibility index (Phi) is 3.22. The molecule has 1 heterocycles. The van der Waals surface area contributed by atoms with Crippen molar-refractivity contribution in [3.8, 4) is 0 Å². The van der Waals surface area contributed by atoms with Gasteiger partial charge in [-0.15, -0.1) is 5.10 Å². The van der Waals surface area contributed by atoms with Crippen molar-refractivity contribution in [3.05, 3.63) is 11.9 Å². The van der Waals surface area contributed by atoms with Crippen molar-refractivity contribution in [1.82, 2.24) is 15.0 Å². The Morgan fingerprint density at radius 3 is 2.13 bits per heavy atom. The molecule has 86 valence electrons. The summed E-state index contributed by atoms with van der Waals surface area (Å²) >= 11 is 0. The molecule has 0 unspecified atom stereocenters. The molecule has 0 aliphatic heterocycles. The van der Waals surface area contributed by atoms with Gasteiger partial charge in [0.05, 0.1) is 5.69 Å². The fraction of sp³-hybridized carbons (Fsp3) is 0.833. The molecule has 1 aromatic heterocycles. The lowest BCUT2D eigenvalue weighted by atomic mass is 9.91. The van der Waals surface area contributed by atoms with Crippen LogP contribution in [0.2, 0.25) is 0 Å². The van der Waals surface area contributed by atoms with Crippen molar-refractivity contribution in [1.29, 1.82) is 0 Å². The van der Waals surface area contributed by atoms with Gasteiger partial charge in [0.1, 0.15) is 0 Å². The molecule has 0 saturated carbocycles. The van der Waals surface area contributed by atoms with E-state index < -0.39 is 0 Å². The van der Waals surface area contributed by atoms with Crippen LogP contribution in [-0.2, 0) is 13.0 Å². The van der Waals surface area contributed by atoms with Crippen molar-refractivity contribution in [2.24, 2.45) is 10.8 Å². The SMILES string of the molecule is CC(C)(C)Cc1cn(CC(C)(C)C)nn1. The zero-order valence-electron chi connectivity index (χ0n) is 10.8. The molecule has 1 aromatic rings. The van der Waals surface area contributed by atoms with Crippen LogP contribution in [0.4, 0.5) is 0 Å². The molecule has 3 heteroatoms. The van der Waals surface area contributed by atoms with Gasteiger partial charge in [-0.05, 0) is 17.3 Å². The smallest absolute Gasteiger partial charge is 0.0832 e. The molecule has 3 nitrogen and oxygen atoms in total. The van der Waals surface area contributed by atoms with E-state index in [-0.39, 0.29) is 10.8 Å². The lowest BCUT2D eigenvalue weighted by molar-refractivity contribution is 0.321. The molecule has 0 atom stereocenters. The van der Waals surface area contributed by atoms with Crippen LogP contribution < -0.4 is 0 Å². The highest BCUT2D eigenvalue weighted by molar-refractivity contribution is 4.96. The van der Waals surface area contributed by atoms with Crippen molar-refractivity contribution in [2.45, 2.75) is 54.5 Å². The molecule has 0 spiro atoms. The number of aromatic nitrogens is 3. The van der Waals surface area contributed by atoms with E-state index in [1.54, 1.807) is 0 Å². The largest absolute Gasteiger partial charge is 0.252 e. The van der Waals surface area contributed by atoms with Gasteiger partial charge in [-0.2, -0.15) is 0 Å². The highest BCUT2D eigenvalue weighted by Crippen LogP contribution is 2.20. The fourth-order valence-corrected chi connectivity index (χ4v) is 1.53. The average Bonchev–Trinajstić information content (AvgIpc) is 2.28. The number of hydrogen-bond donors (Lipinski definition) is 0. The number of hydrogen-bond acceptors (Lipinski definition) is 2. The minimum Gasteiger partial charge on any atom is -0.252 e. The highest BCUT2D eigenvalue weighted by atomic mass is 15.4. The van der Waals surface area contributed by atoms with Crippen LogP contribution in [0.25, 0.3) is 0 Å². The Balaban J connectivity index is 2.65. The van der Waals surface area contributed by atoms with Gasteiger partial charge in [0, 0.05) is 12.7 Å². The first-order valence-corrected chi connectivity index (χ1v) is 5.55. The first kappa shape index (κ1) is 12.2. The molecule has 0 fully saturated rings. The molecule has 15 heavy (non-hydrogen) atoms. The second-order valence-corrected chi connectivity index (χ2v) is 6.71. The van der Waals surface area contributed by atoms with Gasteiger partial charge in [0.2, 0.25) is 0 Å². The summed E-state index contributed by atoms with van der Waals surface area (Å²) in [7, 11) is 0. The third-order valence-electron chi connectivity index (χ3n) is 1.93. The minimum absolute atomic E-state index is 0.257. The summed E-state index contributed by atoms with van der Waals surface area (Å²) in [5, 5.41) is 8.35. The second kappa shape index (κ2) is 3.95. The zero-order chi connectivity index (χ0) is 11.7. The summed E-state index contributed by atoms with van der Waals surface area (Å²) in [4.78, 5) is 0. The monoisotopic (exact) mass is 209 g/mol. The van der Waals surface area contributed by atoms with Crippen LogP contribution in [0.5, 0.6) is 0 Å². The van der Waals surface area contributed by atoms with Crippen LogP contribution in [0.3, 0.4) is 0 Å². The molecule has 1 rings (SSSR count). The Bertz CT molecular complexity index is 282. The van der Waals surface area contributed by atoms with Gasteiger partial charge in [0.25, 0.3) is 0 Å². The summed E-state index contributed by atoms with van der Waals surface area (Å²) in [6, 6.07) is 0. The van der Waals surface area contributed by atoms with E-state index in [0.29, 0.717) is 0 Å². The summed E-state index contributed by atoms with van der Waals surface area (Å²) in [6.07, 6.45) is 3.05. The first-order chi connectivity index (χ1) is 6.66. The van der Waals surface area contributed by atoms with E-state index in [9.17, 15) is 0 Å². The fourth-order valence-electron chi connectivity index (χ4n) is 1.53. The molecule has 0 amide bonds. The molecule has 0 N–H and O–H groups in total. The normalized spacial score (nSPS) is 13.2. The summed E-state index contributed by atoms with van der Waals surface area (Å²) in [5.41, 5.74) is 1.63. The van der Waals surface area contributed by atoms with Gasteiger partial charge in [-0.3, -0.25) is 4.68 Å². The molecule has 0 aliphatic rings. The van der Waals surface area contributed by atoms with Crippen LogP contribution in [-0.4, -0.2) is 15.0 Å². The van der Waals surface area contributed by atoms with E-state index in [4.69, 9.17) is 0 Å². The highest BCUT2D eigenvalue weighted by Gasteiger charge is 2.16. The van der Waals surface area contributed by atoms with E-state index >= 15 is 0 Å². The standard InChI is InChI=1S/C12H23N3/c1-11(2,3)7-10-8-15(14-13-10)9-12(4,5)6/h8H,7,9H2,1-6H3.